The zero-order chi connectivity index (χ0) is 12.7. The third kappa shape index (κ3) is 5.56. The lowest BCUT2D eigenvalue weighted by Gasteiger charge is -2.18. The van der Waals surface area contributed by atoms with E-state index in [4.69, 9.17) is 9.47 Å². The van der Waals surface area contributed by atoms with Crippen molar-refractivity contribution in [2.24, 2.45) is 0 Å². The summed E-state index contributed by atoms with van der Waals surface area (Å²) in [6, 6.07) is 7.54. The van der Waals surface area contributed by atoms with Gasteiger partial charge in [0, 0.05) is 13.1 Å². The zero-order valence-electron chi connectivity index (χ0n) is 10.7. The molecule has 1 aromatic carbocycles. The van der Waals surface area contributed by atoms with Gasteiger partial charge in [-0.1, -0.05) is 12.1 Å². The van der Waals surface area contributed by atoms with E-state index in [1.807, 2.05) is 24.3 Å². The third-order valence-electron chi connectivity index (χ3n) is 2.16. The predicted octanol–water partition coefficient (Wildman–Crippen LogP) is 1.43. The molecule has 1 rings (SSSR count). The number of para-hydroxylation sites is 2. The van der Waals surface area contributed by atoms with Crippen LogP contribution >= 0.6 is 0 Å². The molecule has 0 spiro atoms. The molecule has 0 heterocycles. The molecule has 17 heavy (non-hydrogen) atoms. The lowest BCUT2D eigenvalue weighted by Crippen LogP contribution is -2.36. The van der Waals surface area contributed by atoms with Crippen LogP contribution in [0.15, 0.2) is 24.3 Å². The average Bonchev–Trinajstić information content (AvgIpc) is 2.27. The molecule has 0 amide bonds. The van der Waals surface area contributed by atoms with Crippen LogP contribution in [0.4, 0.5) is 0 Å². The molecule has 0 fully saturated rings. The normalized spacial score (nSPS) is 11.3. The van der Waals surface area contributed by atoms with Crippen molar-refractivity contribution in [3.8, 4) is 11.5 Å². The number of methoxy groups -OCH3 is 1. The van der Waals surface area contributed by atoms with Crippen LogP contribution in [-0.2, 0) is 0 Å². The van der Waals surface area contributed by atoms with Crippen molar-refractivity contribution in [3.63, 3.8) is 0 Å². The summed E-state index contributed by atoms with van der Waals surface area (Å²) in [5.74, 6) is 1.47. The Balaban J connectivity index is 2.27. The Kier molecular flexibility index (Phi) is 5.25. The van der Waals surface area contributed by atoms with Crippen LogP contribution in [0.5, 0.6) is 11.5 Å². The lowest BCUT2D eigenvalue weighted by atomic mass is 10.1. The molecule has 0 bridgehead atoms. The highest BCUT2D eigenvalue weighted by Crippen LogP contribution is 2.25. The van der Waals surface area contributed by atoms with Gasteiger partial charge >= 0.3 is 0 Å². The predicted molar refractivity (Wildman–Crippen MR) is 67.7 cm³/mol. The second-order valence-corrected chi connectivity index (χ2v) is 4.49. The van der Waals surface area contributed by atoms with Crippen molar-refractivity contribution < 1.29 is 14.6 Å². The van der Waals surface area contributed by atoms with Crippen LogP contribution in [0.2, 0.25) is 0 Å². The van der Waals surface area contributed by atoms with E-state index in [1.54, 1.807) is 21.0 Å². The summed E-state index contributed by atoms with van der Waals surface area (Å²) in [4.78, 5) is 0. The van der Waals surface area contributed by atoms with Crippen molar-refractivity contribution >= 4 is 0 Å². The molecule has 0 aromatic heterocycles. The molecule has 0 saturated carbocycles. The molecule has 0 aliphatic rings. The van der Waals surface area contributed by atoms with Crippen molar-refractivity contribution in [2.45, 2.75) is 19.4 Å². The second-order valence-electron chi connectivity index (χ2n) is 4.49. The van der Waals surface area contributed by atoms with E-state index in [0.29, 0.717) is 19.7 Å². The van der Waals surface area contributed by atoms with Gasteiger partial charge in [-0.05, 0) is 26.0 Å². The number of hydrogen-bond donors (Lipinski definition) is 2. The summed E-state index contributed by atoms with van der Waals surface area (Å²) < 4.78 is 10.7. The van der Waals surface area contributed by atoms with Gasteiger partial charge in [0.25, 0.3) is 0 Å². The lowest BCUT2D eigenvalue weighted by molar-refractivity contribution is 0.0788. The summed E-state index contributed by atoms with van der Waals surface area (Å²) in [6.07, 6.45) is 0. The zero-order valence-corrected chi connectivity index (χ0v) is 10.7. The first-order valence-electron chi connectivity index (χ1n) is 5.72. The molecule has 0 saturated heterocycles. The number of ether oxygens (including phenoxy) is 2. The number of benzene rings is 1. The second kappa shape index (κ2) is 6.47. The van der Waals surface area contributed by atoms with Gasteiger partial charge in [0.2, 0.25) is 0 Å². The smallest absolute Gasteiger partial charge is 0.161 e. The van der Waals surface area contributed by atoms with Crippen molar-refractivity contribution in [3.05, 3.63) is 24.3 Å². The molecule has 2 N–H and O–H groups in total. The van der Waals surface area contributed by atoms with Gasteiger partial charge in [-0.25, -0.2) is 0 Å². The quantitative estimate of drug-likeness (QED) is 0.707. The summed E-state index contributed by atoms with van der Waals surface area (Å²) in [6.45, 7) is 5.29. The molecule has 0 atom stereocenters. The fraction of sp³-hybridized carbons (Fsp3) is 0.538. The Morgan fingerprint density at radius 1 is 1.24 bits per heavy atom. The Hall–Kier alpha value is -1.26. The molecule has 0 unspecified atom stereocenters. The molecule has 96 valence electrons. The highest BCUT2D eigenvalue weighted by Gasteiger charge is 2.10. The first kappa shape index (κ1) is 13.8. The molecule has 0 aliphatic heterocycles. The van der Waals surface area contributed by atoms with Gasteiger partial charge in [0.1, 0.15) is 6.61 Å². The highest BCUT2D eigenvalue weighted by molar-refractivity contribution is 5.39. The average molecular weight is 239 g/mol. The summed E-state index contributed by atoms with van der Waals surface area (Å²) in [7, 11) is 1.62. The van der Waals surface area contributed by atoms with Gasteiger partial charge in [-0.2, -0.15) is 0 Å². The van der Waals surface area contributed by atoms with Crippen molar-refractivity contribution in [1.29, 1.82) is 0 Å². The molecule has 4 heteroatoms. The first-order valence-corrected chi connectivity index (χ1v) is 5.72. The summed E-state index contributed by atoms with van der Waals surface area (Å²) in [5.41, 5.74) is -0.690. The Morgan fingerprint density at radius 2 is 1.88 bits per heavy atom. The monoisotopic (exact) mass is 239 g/mol. The molecule has 0 radical (unpaired) electrons. The highest BCUT2D eigenvalue weighted by atomic mass is 16.5. The van der Waals surface area contributed by atoms with E-state index in [0.717, 1.165) is 11.5 Å². The minimum atomic E-state index is -0.690. The van der Waals surface area contributed by atoms with Crippen LogP contribution in [0, 0.1) is 0 Å². The van der Waals surface area contributed by atoms with E-state index in [1.165, 1.54) is 0 Å². The van der Waals surface area contributed by atoms with E-state index >= 15 is 0 Å². The largest absolute Gasteiger partial charge is 0.493 e. The Morgan fingerprint density at radius 3 is 2.47 bits per heavy atom. The van der Waals surface area contributed by atoms with E-state index in [2.05, 4.69) is 5.32 Å². The van der Waals surface area contributed by atoms with Gasteiger partial charge in [-0.3, -0.25) is 0 Å². The van der Waals surface area contributed by atoms with Crippen LogP contribution in [0.3, 0.4) is 0 Å². The molecular formula is C13H21NO3. The van der Waals surface area contributed by atoms with Crippen molar-refractivity contribution in [1.82, 2.24) is 5.32 Å². The maximum absolute atomic E-state index is 9.49. The molecule has 0 aliphatic carbocycles. The minimum absolute atomic E-state index is 0.538. The van der Waals surface area contributed by atoms with Gasteiger partial charge < -0.3 is 19.9 Å². The maximum Gasteiger partial charge on any atom is 0.161 e. The van der Waals surface area contributed by atoms with Gasteiger partial charge in [0.15, 0.2) is 11.5 Å². The third-order valence-corrected chi connectivity index (χ3v) is 2.16. The minimum Gasteiger partial charge on any atom is -0.493 e. The van der Waals surface area contributed by atoms with Crippen LogP contribution in [-0.4, -0.2) is 37.5 Å². The topological polar surface area (TPSA) is 50.7 Å². The molecule has 4 nitrogen and oxygen atoms in total. The van der Waals surface area contributed by atoms with E-state index in [-0.39, 0.29) is 0 Å². The maximum atomic E-state index is 9.49. The van der Waals surface area contributed by atoms with Crippen molar-refractivity contribution in [2.75, 3.05) is 26.8 Å². The number of aliphatic hydroxyl groups is 1. The standard InChI is InChI=1S/C13H21NO3/c1-13(2,15)10-14-8-9-17-12-7-5-4-6-11(12)16-3/h4-7,14-15H,8-10H2,1-3H3. The van der Waals surface area contributed by atoms with Crippen LogP contribution in [0.25, 0.3) is 0 Å². The number of hydrogen-bond acceptors (Lipinski definition) is 4. The van der Waals surface area contributed by atoms with Gasteiger partial charge in [0.05, 0.1) is 12.7 Å². The summed E-state index contributed by atoms with van der Waals surface area (Å²) in [5, 5.41) is 12.6. The number of rotatable bonds is 7. The van der Waals surface area contributed by atoms with Crippen LogP contribution in [0.1, 0.15) is 13.8 Å². The van der Waals surface area contributed by atoms with Gasteiger partial charge in [-0.15, -0.1) is 0 Å². The summed E-state index contributed by atoms with van der Waals surface area (Å²) >= 11 is 0. The SMILES string of the molecule is COc1ccccc1OCCNCC(C)(C)O. The van der Waals surface area contributed by atoms with E-state index < -0.39 is 5.60 Å². The first-order chi connectivity index (χ1) is 8.03. The number of nitrogens with one attached hydrogen (secondary N) is 1. The van der Waals surface area contributed by atoms with E-state index in [9.17, 15) is 5.11 Å². The fourth-order valence-electron chi connectivity index (χ4n) is 1.37. The Bertz CT molecular complexity index is 334. The fourth-order valence-corrected chi connectivity index (χ4v) is 1.37. The van der Waals surface area contributed by atoms with Crippen LogP contribution < -0.4 is 14.8 Å². The Labute approximate surface area is 103 Å². The molecular weight excluding hydrogens is 218 g/mol. The molecule has 1 aromatic rings.